The van der Waals surface area contributed by atoms with Crippen molar-refractivity contribution in [1.29, 1.82) is 0 Å². The number of benzene rings is 1. The molecule has 24 heavy (non-hydrogen) atoms. The number of hydrazone groups is 1. The van der Waals surface area contributed by atoms with Crippen LogP contribution in [0.2, 0.25) is 0 Å². The molecule has 1 aromatic heterocycles. The van der Waals surface area contributed by atoms with Crippen LogP contribution in [0, 0.1) is 0 Å². The number of nitrogens with zero attached hydrogens (tertiary/aromatic N) is 2. The summed E-state index contributed by atoms with van der Waals surface area (Å²) in [5.74, 6) is -0.503. The van der Waals surface area contributed by atoms with E-state index in [4.69, 9.17) is 4.42 Å². The maximum Gasteiger partial charge on any atom is 0.307 e. The minimum Gasteiger partial charge on any atom is -0.459 e. The minimum atomic E-state index is -0.459. The van der Waals surface area contributed by atoms with Crippen molar-refractivity contribution in [1.82, 2.24) is 5.43 Å². The topological polar surface area (TPSA) is 86.9 Å². The maximum atomic E-state index is 12.0. The number of furan rings is 1. The molecule has 0 spiro atoms. The van der Waals surface area contributed by atoms with E-state index in [9.17, 15) is 9.59 Å². The van der Waals surface area contributed by atoms with Gasteiger partial charge < -0.3 is 14.6 Å². The van der Waals surface area contributed by atoms with Gasteiger partial charge in [-0.05, 0) is 43.3 Å². The first-order valence-electron chi connectivity index (χ1n) is 7.40. The molecule has 126 valence electrons. The Hall–Kier alpha value is -3.09. The quantitative estimate of drug-likeness (QED) is 0.630. The molecule has 2 aromatic rings. The summed E-state index contributed by atoms with van der Waals surface area (Å²) >= 11 is 0. The van der Waals surface area contributed by atoms with Crippen LogP contribution >= 0.6 is 0 Å². The third-order valence-corrected chi connectivity index (χ3v) is 3.18. The van der Waals surface area contributed by atoms with Crippen LogP contribution in [-0.2, 0) is 4.79 Å². The van der Waals surface area contributed by atoms with E-state index in [1.54, 1.807) is 13.0 Å². The monoisotopic (exact) mass is 328 g/mol. The molecule has 2 N–H and O–H groups in total. The van der Waals surface area contributed by atoms with E-state index < -0.39 is 5.91 Å². The van der Waals surface area contributed by atoms with Crippen molar-refractivity contribution in [3.05, 3.63) is 48.4 Å². The molecule has 0 aliphatic carbocycles. The number of hydrogen-bond donors (Lipinski definition) is 2. The molecule has 1 heterocycles. The van der Waals surface area contributed by atoms with Gasteiger partial charge in [-0.1, -0.05) is 0 Å². The Morgan fingerprint density at radius 3 is 2.46 bits per heavy atom. The van der Waals surface area contributed by atoms with Gasteiger partial charge in [0.1, 0.15) is 0 Å². The van der Waals surface area contributed by atoms with Gasteiger partial charge in [0.05, 0.1) is 12.7 Å². The Bertz CT molecular complexity index is 719. The van der Waals surface area contributed by atoms with Crippen LogP contribution in [0.1, 0.15) is 23.9 Å². The minimum absolute atomic E-state index is 0.0772. The van der Waals surface area contributed by atoms with Crippen molar-refractivity contribution < 1.29 is 14.0 Å². The van der Waals surface area contributed by atoms with Crippen LogP contribution in [-0.4, -0.2) is 31.6 Å². The van der Waals surface area contributed by atoms with Gasteiger partial charge in [0.2, 0.25) is 5.91 Å². The fraction of sp³-hybridized carbons (Fsp3) is 0.235. The summed E-state index contributed by atoms with van der Waals surface area (Å²) in [7, 11) is 3.90. The lowest BCUT2D eigenvalue weighted by molar-refractivity contribution is -0.115. The zero-order valence-electron chi connectivity index (χ0n) is 13.9. The molecule has 0 fully saturated rings. The van der Waals surface area contributed by atoms with Gasteiger partial charge in [0.25, 0.3) is 0 Å². The highest BCUT2D eigenvalue weighted by Crippen LogP contribution is 2.15. The van der Waals surface area contributed by atoms with Crippen LogP contribution in [0.3, 0.4) is 0 Å². The van der Waals surface area contributed by atoms with Gasteiger partial charge in [0, 0.05) is 31.2 Å². The number of nitrogens with one attached hydrogen (secondary N) is 2. The first-order valence-corrected chi connectivity index (χ1v) is 7.40. The molecule has 0 saturated heterocycles. The molecule has 0 aliphatic rings. The fourth-order valence-electron chi connectivity index (χ4n) is 1.93. The molecule has 0 unspecified atom stereocenters. The summed E-state index contributed by atoms with van der Waals surface area (Å²) in [5, 5.41) is 6.67. The smallest absolute Gasteiger partial charge is 0.307 e. The van der Waals surface area contributed by atoms with Gasteiger partial charge in [-0.25, -0.2) is 5.43 Å². The van der Waals surface area contributed by atoms with Gasteiger partial charge in [0.15, 0.2) is 5.76 Å². The highest BCUT2D eigenvalue weighted by molar-refractivity contribution is 6.06. The van der Waals surface area contributed by atoms with Crippen molar-refractivity contribution in [2.75, 3.05) is 24.3 Å². The Kier molecular flexibility index (Phi) is 5.73. The summed E-state index contributed by atoms with van der Waals surface area (Å²) in [6.07, 6.45) is 1.48. The Balaban J connectivity index is 1.84. The molecule has 0 bridgehead atoms. The van der Waals surface area contributed by atoms with Crippen LogP contribution in [0.25, 0.3) is 0 Å². The zero-order valence-corrected chi connectivity index (χ0v) is 13.9. The molecule has 1 aromatic carbocycles. The van der Waals surface area contributed by atoms with Crippen molar-refractivity contribution in [3.63, 3.8) is 0 Å². The van der Waals surface area contributed by atoms with Gasteiger partial charge >= 0.3 is 5.91 Å². The Morgan fingerprint density at radius 2 is 1.88 bits per heavy atom. The molecule has 2 rings (SSSR count). The van der Waals surface area contributed by atoms with Crippen molar-refractivity contribution >= 4 is 28.9 Å². The Labute approximate surface area is 140 Å². The molecule has 0 aliphatic heterocycles. The van der Waals surface area contributed by atoms with Crippen molar-refractivity contribution in [2.24, 2.45) is 5.10 Å². The Morgan fingerprint density at radius 1 is 1.17 bits per heavy atom. The van der Waals surface area contributed by atoms with Crippen molar-refractivity contribution in [3.8, 4) is 0 Å². The molecule has 2 amide bonds. The summed E-state index contributed by atoms with van der Waals surface area (Å²) in [5.41, 5.74) is 4.58. The predicted molar refractivity (Wildman–Crippen MR) is 93.3 cm³/mol. The van der Waals surface area contributed by atoms with E-state index in [0.717, 1.165) is 5.69 Å². The van der Waals surface area contributed by atoms with Gasteiger partial charge in [-0.15, -0.1) is 0 Å². The molecular formula is C17H20N4O3. The number of carbonyl (C=O) groups excluding carboxylic acids is 2. The first-order chi connectivity index (χ1) is 11.5. The standard InChI is InChI=1S/C17H20N4O3/c1-12(19-20-17(23)15-5-4-10-24-15)11-16(22)18-13-6-8-14(9-7-13)21(2)3/h4-10H,11H2,1-3H3,(H,18,22)(H,20,23)/b19-12+. The fourth-order valence-corrected chi connectivity index (χ4v) is 1.93. The van der Waals surface area contributed by atoms with Crippen molar-refractivity contribution in [2.45, 2.75) is 13.3 Å². The normalized spacial score (nSPS) is 11.0. The summed E-state index contributed by atoms with van der Waals surface area (Å²) in [6.45, 7) is 1.66. The average Bonchev–Trinajstić information content (AvgIpc) is 3.07. The summed E-state index contributed by atoms with van der Waals surface area (Å²) < 4.78 is 4.95. The highest BCUT2D eigenvalue weighted by Gasteiger charge is 2.08. The second-order valence-corrected chi connectivity index (χ2v) is 5.43. The van der Waals surface area contributed by atoms with E-state index in [1.807, 2.05) is 43.3 Å². The van der Waals surface area contributed by atoms with Crippen LogP contribution in [0.15, 0.2) is 52.2 Å². The van der Waals surface area contributed by atoms with E-state index in [1.165, 1.54) is 12.3 Å². The largest absolute Gasteiger partial charge is 0.459 e. The van der Waals surface area contributed by atoms with Gasteiger partial charge in [-0.2, -0.15) is 5.10 Å². The number of anilines is 2. The SMILES string of the molecule is C/C(CC(=O)Nc1ccc(N(C)C)cc1)=N\NC(=O)c1ccco1. The maximum absolute atomic E-state index is 12.0. The van der Waals surface area contributed by atoms with E-state index in [2.05, 4.69) is 15.8 Å². The second-order valence-electron chi connectivity index (χ2n) is 5.43. The van der Waals surface area contributed by atoms with E-state index in [-0.39, 0.29) is 18.1 Å². The number of carbonyl (C=O) groups is 2. The lowest BCUT2D eigenvalue weighted by atomic mass is 10.2. The lowest BCUT2D eigenvalue weighted by Gasteiger charge is -2.13. The van der Waals surface area contributed by atoms with E-state index >= 15 is 0 Å². The average molecular weight is 328 g/mol. The predicted octanol–water partition coefficient (Wildman–Crippen LogP) is 2.48. The van der Waals surface area contributed by atoms with Crippen LogP contribution < -0.4 is 15.6 Å². The summed E-state index contributed by atoms with van der Waals surface area (Å²) in [4.78, 5) is 25.6. The number of rotatable bonds is 6. The molecular weight excluding hydrogens is 308 g/mol. The first kappa shape index (κ1) is 17.3. The third kappa shape index (κ3) is 4.98. The second kappa shape index (κ2) is 7.96. The molecule has 0 atom stereocenters. The number of hydrogen-bond acceptors (Lipinski definition) is 5. The zero-order chi connectivity index (χ0) is 17.5. The summed E-state index contributed by atoms with van der Waals surface area (Å²) in [6, 6.07) is 10.6. The van der Waals surface area contributed by atoms with Crippen LogP contribution in [0.5, 0.6) is 0 Å². The number of amides is 2. The molecule has 0 saturated carbocycles. The lowest BCUT2D eigenvalue weighted by Crippen LogP contribution is -2.21. The van der Waals surface area contributed by atoms with Gasteiger partial charge in [-0.3, -0.25) is 9.59 Å². The van der Waals surface area contributed by atoms with E-state index in [0.29, 0.717) is 11.4 Å². The highest BCUT2D eigenvalue weighted by atomic mass is 16.3. The molecule has 7 nitrogen and oxygen atoms in total. The third-order valence-electron chi connectivity index (χ3n) is 3.18. The molecule has 0 radical (unpaired) electrons. The molecule has 7 heteroatoms. The van der Waals surface area contributed by atoms with Crippen LogP contribution in [0.4, 0.5) is 11.4 Å².